The summed E-state index contributed by atoms with van der Waals surface area (Å²) >= 11 is 3.43. The first-order valence-electron chi connectivity index (χ1n) is 7.19. The van der Waals surface area contributed by atoms with Crippen LogP contribution in [0.4, 0.5) is 4.79 Å². The second-order valence-electron chi connectivity index (χ2n) is 6.02. The molecule has 1 heterocycles. The molecule has 6 heteroatoms. The van der Waals surface area contributed by atoms with Crippen molar-refractivity contribution in [1.29, 1.82) is 0 Å². The number of amides is 2. The summed E-state index contributed by atoms with van der Waals surface area (Å²) < 4.78 is 1.13. The van der Waals surface area contributed by atoms with Crippen LogP contribution in [-0.2, 0) is 4.79 Å². The van der Waals surface area contributed by atoms with Gasteiger partial charge in [-0.15, -0.1) is 0 Å². The number of aliphatic carboxylic acids is 1. The molecule has 5 nitrogen and oxygen atoms in total. The third-order valence-electron chi connectivity index (χ3n) is 4.93. The lowest BCUT2D eigenvalue weighted by Gasteiger charge is -2.32. The fourth-order valence-corrected chi connectivity index (χ4v) is 4.24. The van der Waals surface area contributed by atoms with E-state index >= 15 is 0 Å². The topological polar surface area (TPSA) is 69.6 Å². The third-order valence-corrected chi connectivity index (χ3v) is 5.65. The van der Waals surface area contributed by atoms with E-state index in [1.54, 1.807) is 4.90 Å². The van der Waals surface area contributed by atoms with E-state index in [1.807, 2.05) is 6.08 Å². The molecule has 1 aliphatic heterocycles. The molecular weight excluding hydrogens is 324 g/mol. The van der Waals surface area contributed by atoms with E-state index in [0.717, 1.165) is 30.2 Å². The molecule has 2 bridgehead atoms. The molecule has 4 atom stereocenters. The molecule has 110 valence electrons. The van der Waals surface area contributed by atoms with Gasteiger partial charge in [-0.2, -0.15) is 0 Å². The van der Waals surface area contributed by atoms with Gasteiger partial charge < -0.3 is 15.3 Å². The predicted octanol–water partition coefficient (Wildman–Crippen LogP) is 2.18. The molecular formula is C14H19BrN2O3. The smallest absolute Gasteiger partial charge is 0.317 e. The summed E-state index contributed by atoms with van der Waals surface area (Å²) in [6.07, 6.45) is 5.80. The van der Waals surface area contributed by atoms with Crippen molar-refractivity contribution in [3.63, 3.8) is 0 Å². The highest BCUT2D eigenvalue weighted by atomic mass is 79.9. The first-order chi connectivity index (χ1) is 9.56. The van der Waals surface area contributed by atoms with E-state index in [9.17, 15) is 14.7 Å². The Bertz CT molecular complexity index is 465. The zero-order valence-electron chi connectivity index (χ0n) is 11.2. The Morgan fingerprint density at radius 3 is 2.75 bits per heavy atom. The maximum absolute atomic E-state index is 12.3. The van der Waals surface area contributed by atoms with Gasteiger partial charge in [0, 0.05) is 19.1 Å². The summed E-state index contributed by atoms with van der Waals surface area (Å²) in [7, 11) is 0. The Balaban J connectivity index is 1.65. The monoisotopic (exact) mass is 342 g/mol. The molecule has 3 rings (SSSR count). The lowest BCUT2D eigenvalue weighted by Crippen LogP contribution is -2.52. The number of carboxylic acid groups (broad SMARTS) is 1. The van der Waals surface area contributed by atoms with Gasteiger partial charge in [0.05, 0.1) is 5.92 Å². The fraction of sp³-hybridized carbons (Fsp3) is 0.714. The van der Waals surface area contributed by atoms with E-state index in [-0.39, 0.29) is 18.0 Å². The number of fused-ring (bicyclic) bond motifs is 2. The molecule has 0 aromatic rings. The number of nitrogens with one attached hydrogen (secondary N) is 1. The van der Waals surface area contributed by atoms with Crippen molar-refractivity contribution in [3.8, 4) is 0 Å². The number of hydrogen-bond donors (Lipinski definition) is 2. The van der Waals surface area contributed by atoms with E-state index in [1.165, 1.54) is 0 Å². The second kappa shape index (κ2) is 5.39. The molecule has 3 aliphatic rings. The van der Waals surface area contributed by atoms with Crippen molar-refractivity contribution in [2.75, 3.05) is 13.1 Å². The van der Waals surface area contributed by atoms with Crippen LogP contribution in [0.5, 0.6) is 0 Å². The number of carboxylic acids is 1. The van der Waals surface area contributed by atoms with Crippen LogP contribution in [0.25, 0.3) is 0 Å². The minimum Gasteiger partial charge on any atom is -0.481 e. The van der Waals surface area contributed by atoms with Crippen LogP contribution in [0.3, 0.4) is 0 Å². The van der Waals surface area contributed by atoms with Gasteiger partial charge in [-0.05, 0) is 42.0 Å². The summed E-state index contributed by atoms with van der Waals surface area (Å²) in [6, 6.07) is -0.307. The maximum Gasteiger partial charge on any atom is 0.317 e. The molecule has 0 unspecified atom stereocenters. The van der Waals surface area contributed by atoms with Gasteiger partial charge in [0.1, 0.15) is 0 Å². The highest BCUT2D eigenvalue weighted by Gasteiger charge is 2.51. The van der Waals surface area contributed by atoms with Crippen molar-refractivity contribution in [1.82, 2.24) is 10.2 Å². The Morgan fingerprint density at radius 1 is 1.35 bits per heavy atom. The molecule has 0 aromatic heterocycles. The van der Waals surface area contributed by atoms with Crippen molar-refractivity contribution >= 4 is 27.9 Å². The Morgan fingerprint density at radius 2 is 2.10 bits per heavy atom. The van der Waals surface area contributed by atoms with Crippen molar-refractivity contribution in [3.05, 3.63) is 10.6 Å². The Labute approximate surface area is 126 Å². The molecule has 0 aromatic carbocycles. The largest absolute Gasteiger partial charge is 0.481 e. The van der Waals surface area contributed by atoms with Gasteiger partial charge in [0.15, 0.2) is 0 Å². The number of urea groups is 1. The number of nitrogens with zero attached hydrogens (tertiary/aromatic N) is 1. The van der Waals surface area contributed by atoms with Gasteiger partial charge in [-0.1, -0.05) is 22.0 Å². The minimum absolute atomic E-state index is 0.120. The first kappa shape index (κ1) is 13.9. The average molecular weight is 343 g/mol. The van der Waals surface area contributed by atoms with E-state index < -0.39 is 11.9 Å². The number of carbonyl (C=O) groups excluding carboxylic acids is 1. The number of halogens is 1. The summed E-state index contributed by atoms with van der Waals surface area (Å²) in [5.74, 6) is -0.566. The van der Waals surface area contributed by atoms with Crippen molar-refractivity contribution in [2.45, 2.75) is 31.7 Å². The van der Waals surface area contributed by atoms with E-state index in [2.05, 4.69) is 21.2 Å². The summed E-state index contributed by atoms with van der Waals surface area (Å²) in [5, 5.41) is 12.4. The number of rotatable bonds is 2. The van der Waals surface area contributed by atoms with Crippen molar-refractivity contribution < 1.29 is 14.7 Å². The van der Waals surface area contributed by atoms with Crippen LogP contribution in [0, 0.1) is 17.8 Å². The molecule has 2 amide bonds. The first-order valence-corrected chi connectivity index (χ1v) is 7.98. The van der Waals surface area contributed by atoms with Crippen LogP contribution >= 0.6 is 15.9 Å². The Hall–Kier alpha value is -1.04. The zero-order chi connectivity index (χ0) is 14.3. The quantitative estimate of drug-likeness (QED) is 0.807. The molecule has 2 saturated carbocycles. The summed E-state index contributed by atoms with van der Waals surface area (Å²) in [6.45, 7) is 1.27. The second-order valence-corrected chi connectivity index (χ2v) is 7.04. The molecule has 2 fully saturated rings. The predicted molar refractivity (Wildman–Crippen MR) is 77.5 cm³/mol. The normalized spacial score (nSPS) is 35.9. The lowest BCUT2D eigenvalue weighted by molar-refractivity contribution is -0.144. The highest BCUT2D eigenvalue weighted by molar-refractivity contribution is 9.11. The number of hydrogen-bond acceptors (Lipinski definition) is 2. The SMILES string of the molecule is O=C(O)[C@H]1[C@@H]2CC[C@@H](C2)[C@H]1NC(=O)N1CC=C(Br)CC1. The zero-order valence-corrected chi connectivity index (χ0v) is 12.8. The molecule has 0 radical (unpaired) electrons. The standard InChI is InChI=1S/C14H19BrN2O3/c15-10-3-5-17(6-4-10)14(20)16-12-9-2-1-8(7-9)11(12)13(18)19/h3,8-9,11-12H,1-2,4-7H2,(H,16,20)(H,18,19)/t8-,9+,11+,12-/m1/s1. The molecule has 2 N–H and O–H groups in total. The van der Waals surface area contributed by atoms with Crippen LogP contribution in [-0.4, -0.2) is 41.1 Å². The lowest BCUT2D eigenvalue weighted by atomic mass is 9.84. The van der Waals surface area contributed by atoms with Gasteiger partial charge >= 0.3 is 12.0 Å². The highest BCUT2D eigenvalue weighted by Crippen LogP contribution is 2.48. The van der Waals surface area contributed by atoms with Crippen LogP contribution in [0.2, 0.25) is 0 Å². The van der Waals surface area contributed by atoms with E-state index in [4.69, 9.17) is 0 Å². The van der Waals surface area contributed by atoms with Gasteiger partial charge in [0.2, 0.25) is 0 Å². The fourth-order valence-electron chi connectivity index (χ4n) is 3.92. The van der Waals surface area contributed by atoms with Gasteiger partial charge in [-0.25, -0.2) is 4.79 Å². The van der Waals surface area contributed by atoms with Gasteiger partial charge in [0.25, 0.3) is 0 Å². The third kappa shape index (κ3) is 2.45. The van der Waals surface area contributed by atoms with Gasteiger partial charge in [-0.3, -0.25) is 4.79 Å². The summed E-state index contributed by atoms with van der Waals surface area (Å²) in [5.41, 5.74) is 0. The molecule has 0 spiro atoms. The Kier molecular flexibility index (Phi) is 3.75. The molecule has 20 heavy (non-hydrogen) atoms. The maximum atomic E-state index is 12.3. The van der Waals surface area contributed by atoms with Crippen LogP contribution < -0.4 is 5.32 Å². The van der Waals surface area contributed by atoms with Crippen LogP contribution in [0.15, 0.2) is 10.6 Å². The molecule has 0 saturated heterocycles. The molecule has 2 aliphatic carbocycles. The average Bonchev–Trinajstić information content (AvgIpc) is 3.00. The van der Waals surface area contributed by atoms with Crippen LogP contribution in [0.1, 0.15) is 25.7 Å². The van der Waals surface area contributed by atoms with E-state index in [0.29, 0.717) is 19.0 Å². The number of carbonyl (C=O) groups is 2. The minimum atomic E-state index is -0.760. The summed E-state index contributed by atoms with van der Waals surface area (Å²) in [4.78, 5) is 25.5. The van der Waals surface area contributed by atoms with Crippen molar-refractivity contribution in [2.24, 2.45) is 17.8 Å².